The fraction of sp³-hybridized carbons (Fsp3) is 0.632. The molecule has 0 saturated heterocycles. The Bertz CT molecular complexity index is 567. The largest absolute Gasteiger partial charge is 0.205 e. The van der Waals surface area contributed by atoms with Gasteiger partial charge in [0.15, 0.2) is 0 Å². The molecule has 118 valence electrons. The van der Waals surface area contributed by atoms with Crippen molar-refractivity contribution in [2.45, 2.75) is 70.1 Å². The van der Waals surface area contributed by atoms with Crippen LogP contribution in [0.1, 0.15) is 75.8 Å². The van der Waals surface area contributed by atoms with Gasteiger partial charge in [0.2, 0.25) is 0 Å². The molecule has 22 heavy (non-hydrogen) atoms. The normalized spacial score (nSPS) is 30.3. The SMILES string of the molecule is CCCCC12CCC(c3cc(F)c(C#N)c(F)c3)(CC1)CC2. The van der Waals surface area contributed by atoms with Gasteiger partial charge in [-0.2, -0.15) is 5.26 Å². The molecule has 0 amide bonds. The van der Waals surface area contributed by atoms with Crippen molar-refractivity contribution in [3.63, 3.8) is 0 Å². The molecule has 0 radical (unpaired) electrons. The monoisotopic (exact) mass is 303 g/mol. The summed E-state index contributed by atoms with van der Waals surface area (Å²) in [5, 5.41) is 8.82. The lowest BCUT2D eigenvalue weighted by Gasteiger charge is -2.54. The number of hydrogen-bond acceptors (Lipinski definition) is 1. The number of hydrogen-bond donors (Lipinski definition) is 0. The van der Waals surface area contributed by atoms with Crippen LogP contribution in [0.4, 0.5) is 8.78 Å². The second-order valence-electron chi connectivity index (χ2n) is 7.31. The summed E-state index contributed by atoms with van der Waals surface area (Å²) < 4.78 is 27.9. The van der Waals surface area contributed by atoms with Crippen molar-refractivity contribution >= 4 is 0 Å². The number of halogens is 2. The Kier molecular flexibility index (Phi) is 3.97. The van der Waals surface area contributed by atoms with E-state index in [0.717, 1.165) is 24.8 Å². The number of benzene rings is 1. The number of nitriles is 1. The van der Waals surface area contributed by atoms with Crippen LogP contribution in [0.25, 0.3) is 0 Å². The maximum atomic E-state index is 14.0. The number of unbranched alkanes of at least 4 members (excludes halogenated alkanes) is 1. The van der Waals surface area contributed by atoms with Gasteiger partial charge in [-0.3, -0.25) is 0 Å². The summed E-state index contributed by atoms with van der Waals surface area (Å²) in [6, 6.07) is 4.43. The zero-order valence-electron chi connectivity index (χ0n) is 13.2. The van der Waals surface area contributed by atoms with Crippen LogP contribution in [-0.2, 0) is 5.41 Å². The highest BCUT2D eigenvalue weighted by atomic mass is 19.1. The van der Waals surface area contributed by atoms with E-state index >= 15 is 0 Å². The number of nitrogens with zero attached hydrogens (tertiary/aromatic N) is 1. The molecular weight excluding hydrogens is 280 g/mol. The number of rotatable bonds is 4. The van der Waals surface area contributed by atoms with Gasteiger partial charge in [-0.25, -0.2) is 8.78 Å². The molecule has 0 unspecified atom stereocenters. The lowest BCUT2D eigenvalue weighted by Crippen LogP contribution is -2.44. The fourth-order valence-electron chi connectivity index (χ4n) is 4.61. The van der Waals surface area contributed by atoms with Crippen LogP contribution in [0, 0.1) is 28.4 Å². The molecule has 0 atom stereocenters. The second-order valence-corrected chi connectivity index (χ2v) is 7.31. The molecule has 0 N–H and O–H groups in total. The summed E-state index contributed by atoms with van der Waals surface area (Å²) in [6.07, 6.45) is 10.4. The van der Waals surface area contributed by atoms with Crippen molar-refractivity contribution in [2.75, 3.05) is 0 Å². The minimum Gasteiger partial charge on any atom is -0.205 e. The molecule has 3 aliphatic carbocycles. The molecule has 3 saturated carbocycles. The molecule has 2 bridgehead atoms. The highest BCUT2D eigenvalue weighted by molar-refractivity contribution is 5.39. The van der Waals surface area contributed by atoms with E-state index in [1.807, 2.05) is 0 Å². The van der Waals surface area contributed by atoms with Crippen molar-refractivity contribution in [1.82, 2.24) is 0 Å². The molecule has 3 fully saturated rings. The summed E-state index contributed by atoms with van der Waals surface area (Å²) in [4.78, 5) is 0. The summed E-state index contributed by atoms with van der Waals surface area (Å²) in [5.74, 6) is -1.42. The predicted molar refractivity (Wildman–Crippen MR) is 82.4 cm³/mol. The average molecular weight is 303 g/mol. The summed E-state index contributed by atoms with van der Waals surface area (Å²) >= 11 is 0. The highest BCUT2D eigenvalue weighted by Crippen LogP contribution is 2.59. The first kappa shape index (κ1) is 15.5. The molecule has 1 aromatic rings. The Morgan fingerprint density at radius 3 is 2.05 bits per heavy atom. The first-order chi connectivity index (χ1) is 10.5. The van der Waals surface area contributed by atoms with Gasteiger partial charge in [-0.15, -0.1) is 0 Å². The lowest BCUT2D eigenvalue weighted by molar-refractivity contribution is 0.0306. The maximum Gasteiger partial charge on any atom is 0.144 e. The van der Waals surface area contributed by atoms with Gasteiger partial charge >= 0.3 is 0 Å². The first-order valence-electron chi connectivity index (χ1n) is 8.44. The van der Waals surface area contributed by atoms with E-state index in [1.165, 1.54) is 50.7 Å². The van der Waals surface area contributed by atoms with E-state index in [0.29, 0.717) is 5.41 Å². The zero-order valence-corrected chi connectivity index (χ0v) is 13.2. The van der Waals surface area contributed by atoms with Crippen LogP contribution in [-0.4, -0.2) is 0 Å². The van der Waals surface area contributed by atoms with Crippen LogP contribution in [0.3, 0.4) is 0 Å². The topological polar surface area (TPSA) is 23.8 Å². The lowest BCUT2D eigenvalue weighted by atomic mass is 9.51. The Hall–Kier alpha value is -1.43. The molecule has 3 aliphatic rings. The smallest absolute Gasteiger partial charge is 0.144 e. The van der Waals surface area contributed by atoms with Crippen LogP contribution in [0.5, 0.6) is 0 Å². The Morgan fingerprint density at radius 1 is 1.05 bits per heavy atom. The van der Waals surface area contributed by atoms with E-state index in [4.69, 9.17) is 5.26 Å². The van der Waals surface area contributed by atoms with Crippen molar-refractivity contribution in [3.8, 4) is 6.07 Å². The van der Waals surface area contributed by atoms with Gasteiger partial charge in [0.1, 0.15) is 23.3 Å². The Morgan fingerprint density at radius 2 is 1.59 bits per heavy atom. The van der Waals surface area contributed by atoms with E-state index in [1.54, 1.807) is 6.07 Å². The third-order valence-electron chi connectivity index (χ3n) is 6.23. The molecule has 0 aromatic heterocycles. The Labute approximate surface area is 131 Å². The average Bonchev–Trinajstić information content (AvgIpc) is 2.54. The second kappa shape index (κ2) is 5.65. The minimum absolute atomic E-state index is 0.0658. The fourth-order valence-corrected chi connectivity index (χ4v) is 4.61. The molecule has 1 aromatic carbocycles. The first-order valence-corrected chi connectivity index (χ1v) is 8.44. The zero-order chi connectivity index (χ0) is 15.8. The summed E-state index contributed by atoms with van der Waals surface area (Å²) in [5.41, 5.74) is 0.736. The van der Waals surface area contributed by atoms with Gasteiger partial charge in [-0.05, 0) is 73.5 Å². The number of fused-ring (bicyclic) bond motifs is 3. The summed E-state index contributed by atoms with van der Waals surface area (Å²) in [6.45, 7) is 2.23. The quantitative estimate of drug-likeness (QED) is 0.708. The standard InChI is InChI=1S/C19H23F2N/c1-2-3-4-18-5-8-19(9-6-18,10-7-18)14-11-16(20)15(13-22)17(21)12-14/h11-12H,2-10H2,1H3. The van der Waals surface area contributed by atoms with E-state index in [-0.39, 0.29) is 5.41 Å². The molecule has 4 rings (SSSR count). The van der Waals surface area contributed by atoms with Crippen molar-refractivity contribution in [2.24, 2.45) is 5.41 Å². The Balaban J connectivity index is 1.85. The third kappa shape index (κ3) is 2.43. The maximum absolute atomic E-state index is 14.0. The van der Waals surface area contributed by atoms with Crippen LogP contribution in [0.15, 0.2) is 12.1 Å². The van der Waals surface area contributed by atoms with Crippen LogP contribution in [0.2, 0.25) is 0 Å². The van der Waals surface area contributed by atoms with Crippen molar-refractivity contribution < 1.29 is 8.78 Å². The van der Waals surface area contributed by atoms with Gasteiger partial charge in [0.25, 0.3) is 0 Å². The highest BCUT2D eigenvalue weighted by Gasteiger charge is 2.49. The molecular formula is C19H23F2N. The third-order valence-corrected chi connectivity index (χ3v) is 6.23. The summed E-state index contributed by atoms with van der Waals surface area (Å²) in [7, 11) is 0. The van der Waals surface area contributed by atoms with Crippen molar-refractivity contribution in [1.29, 1.82) is 5.26 Å². The molecule has 0 spiro atoms. The van der Waals surface area contributed by atoms with Gasteiger partial charge in [-0.1, -0.05) is 19.8 Å². The van der Waals surface area contributed by atoms with E-state index in [2.05, 4.69) is 6.92 Å². The van der Waals surface area contributed by atoms with Gasteiger partial charge < -0.3 is 0 Å². The molecule has 0 aliphatic heterocycles. The van der Waals surface area contributed by atoms with Crippen LogP contribution >= 0.6 is 0 Å². The van der Waals surface area contributed by atoms with E-state index in [9.17, 15) is 8.78 Å². The van der Waals surface area contributed by atoms with Crippen LogP contribution < -0.4 is 0 Å². The molecule has 3 heteroatoms. The van der Waals surface area contributed by atoms with Gasteiger partial charge in [0.05, 0.1) is 0 Å². The molecule has 0 heterocycles. The van der Waals surface area contributed by atoms with Gasteiger partial charge in [0, 0.05) is 0 Å². The minimum atomic E-state index is -0.708. The van der Waals surface area contributed by atoms with Crippen molar-refractivity contribution in [3.05, 3.63) is 34.9 Å². The van der Waals surface area contributed by atoms with E-state index < -0.39 is 17.2 Å². The molecule has 1 nitrogen and oxygen atoms in total. The predicted octanol–water partition coefficient (Wildman–Crippen LogP) is 5.62.